The van der Waals surface area contributed by atoms with Gasteiger partial charge in [-0.15, -0.1) is 0 Å². The van der Waals surface area contributed by atoms with Crippen molar-refractivity contribution >= 4 is 5.57 Å². The molecule has 0 heteroatoms. The first-order chi connectivity index (χ1) is 6.24. The van der Waals surface area contributed by atoms with Crippen LogP contribution in [0.25, 0.3) is 5.57 Å². The average molecular weight is 174 g/mol. The van der Waals surface area contributed by atoms with Crippen molar-refractivity contribution in [2.24, 2.45) is 5.92 Å². The molecule has 70 valence electrons. The summed E-state index contributed by atoms with van der Waals surface area (Å²) in [6.45, 7) is 8.61. The molecule has 0 amide bonds. The van der Waals surface area contributed by atoms with Gasteiger partial charge in [0.2, 0.25) is 0 Å². The van der Waals surface area contributed by atoms with Crippen molar-refractivity contribution in [2.45, 2.75) is 26.7 Å². The smallest absolute Gasteiger partial charge is 0.0230 e. The summed E-state index contributed by atoms with van der Waals surface area (Å²) >= 11 is 0. The summed E-state index contributed by atoms with van der Waals surface area (Å²) in [7, 11) is 0. The molecule has 0 heterocycles. The Labute approximate surface area is 81.3 Å². The van der Waals surface area contributed by atoms with E-state index in [1.165, 1.54) is 17.6 Å². The molecule has 1 aromatic carbocycles. The monoisotopic (exact) mass is 174 g/mol. The number of rotatable bonds is 4. The van der Waals surface area contributed by atoms with Gasteiger partial charge in [-0.25, -0.2) is 0 Å². The highest BCUT2D eigenvalue weighted by atomic mass is 14.1. The minimum absolute atomic E-state index is 0.743. The largest absolute Gasteiger partial charge is 0.0952 e. The second kappa shape index (κ2) is 4.86. The van der Waals surface area contributed by atoms with Crippen molar-refractivity contribution in [3.8, 4) is 0 Å². The Hall–Kier alpha value is -1.04. The molecule has 1 rings (SSSR count). The lowest BCUT2D eigenvalue weighted by Crippen LogP contribution is -1.93. The van der Waals surface area contributed by atoms with Gasteiger partial charge in [0.25, 0.3) is 0 Å². The topological polar surface area (TPSA) is 0 Å². The van der Waals surface area contributed by atoms with Gasteiger partial charge in [0.15, 0.2) is 0 Å². The fourth-order valence-corrected chi connectivity index (χ4v) is 1.36. The Morgan fingerprint density at radius 1 is 1.31 bits per heavy atom. The quantitative estimate of drug-likeness (QED) is 0.643. The first kappa shape index (κ1) is 10.0. The van der Waals surface area contributed by atoms with Crippen LogP contribution in [-0.4, -0.2) is 0 Å². The summed E-state index contributed by atoms with van der Waals surface area (Å²) < 4.78 is 0. The van der Waals surface area contributed by atoms with E-state index in [0.717, 1.165) is 12.3 Å². The molecule has 0 saturated heterocycles. The molecule has 0 aliphatic rings. The summed E-state index contributed by atoms with van der Waals surface area (Å²) in [4.78, 5) is 0. The van der Waals surface area contributed by atoms with Crippen LogP contribution < -0.4 is 0 Å². The first-order valence-corrected chi connectivity index (χ1v) is 4.97. The number of allylic oxidation sites excluding steroid dienone is 1. The van der Waals surface area contributed by atoms with Crippen molar-refractivity contribution in [3.63, 3.8) is 0 Å². The van der Waals surface area contributed by atoms with Crippen molar-refractivity contribution in [1.82, 2.24) is 0 Å². The van der Waals surface area contributed by atoms with Crippen LogP contribution in [0.2, 0.25) is 0 Å². The van der Waals surface area contributed by atoms with Crippen LogP contribution in [0, 0.1) is 5.92 Å². The molecule has 0 aliphatic carbocycles. The molecule has 0 N–H and O–H groups in total. The molecule has 1 unspecified atom stereocenters. The van der Waals surface area contributed by atoms with Gasteiger partial charge in [-0.3, -0.25) is 0 Å². The van der Waals surface area contributed by atoms with Gasteiger partial charge in [-0.2, -0.15) is 0 Å². The first-order valence-electron chi connectivity index (χ1n) is 4.97. The highest BCUT2D eigenvalue weighted by Crippen LogP contribution is 2.21. The summed E-state index contributed by atoms with van der Waals surface area (Å²) in [6.07, 6.45) is 2.34. The molecule has 0 radical (unpaired) electrons. The van der Waals surface area contributed by atoms with Crippen molar-refractivity contribution in [2.75, 3.05) is 0 Å². The Kier molecular flexibility index (Phi) is 3.75. The lowest BCUT2D eigenvalue weighted by Gasteiger charge is -2.10. The highest BCUT2D eigenvalue weighted by Gasteiger charge is 2.03. The molecule has 0 bridgehead atoms. The van der Waals surface area contributed by atoms with Gasteiger partial charge in [0.05, 0.1) is 0 Å². The van der Waals surface area contributed by atoms with Crippen LogP contribution >= 0.6 is 0 Å². The zero-order valence-electron chi connectivity index (χ0n) is 8.59. The summed E-state index contributed by atoms with van der Waals surface area (Å²) in [5, 5.41) is 0. The highest BCUT2D eigenvalue weighted by molar-refractivity contribution is 5.63. The molecule has 13 heavy (non-hydrogen) atoms. The molecule has 0 fully saturated rings. The number of hydrogen-bond acceptors (Lipinski definition) is 0. The van der Waals surface area contributed by atoms with E-state index in [4.69, 9.17) is 0 Å². The molecule has 0 aromatic heterocycles. The van der Waals surface area contributed by atoms with Crippen LogP contribution in [0.4, 0.5) is 0 Å². The second-order valence-corrected chi connectivity index (χ2v) is 3.69. The Balaban J connectivity index is 2.59. The molecule has 0 saturated carbocycles. The summed E-state index contributed by atoms with van der Waals surface area (Å²) in [5.41, 5.74) is 2.54. The van der Waals surface area contributed by atoms with Crippen LogP contribution in [0.15, 0.2) is 36.9 Å². The maximum absolute atomic E-state index is 4.11. The maximum Gasteiger partial charge on any atom is -0.0230 e. The van der Waals surface area contributed by atoms with Crippen LogP contribution in [-0.2, 0) is 0 Å². The molecule has 1 aromatic rings. The van der Waals surface area contributed by atoms with Crippen LogP contribution in [0.5, 0.6) is 0 Å². The van der Waals surface area contributed by atoms with E-state index in [9.17, 15) is 0 Å². The van der Waals surface area contributed by atoms with E-state index in [-0.39, 0.29) is 0 Å². The maximum atomic E-state index is 4.11. The molecule has 0 nitrogen and oxygen atoms in total. The van der Waals surface area contributed by atoms with Crippen LogP contribution in [0.1, 0.15) is 32.3 Å². The zero-order valence-corrected chi connectivity index (χ0v) is 8.59. The van der Waals surface area contributed by atoms with E-state index in [1.54, 1.807) is 0 Å². The SMILES string of the molecule is C=C(CC(C)CC)c1ccccc1. The summed E-state index contributed by atoms with van der Waals surface area (Å²) in [5.74, 6) is 0.743. The van der Waals surface area contributed by atoms with Gasteiger partial charge in [0.1, 0.15) is 0 Å². The number of benzene rings is 1. The minimum Gasteiger partial charge on any atom is -0.0952 e. The third kappa shape index (κ3) is 3.06. The predicted molar refractivity (Wildman–Crippen MR) is 59.5 cm³/mol. The molecule has 0 spiro atoms. The van der Waals surface area contributed by atoms with E-state index >= 15 is 0 Å². The Morgan fingerprint density at radius 2 is 1.92 bits per heavy atom. The van der Waals surface area contributed by atoms with Gasteiger partial charge in [-0.1, -0.05) is 57.2 Å². The second-order valence-electron chi connectivity index (χ2n) is 3.69. The lowest BCUT2D eigenvalue weighted by atomic mass is 9.95. The van der Waals surface area contributed by atoms with Crippen molar-refractivity contribution in [3.05, 3.63) is 42.5 Å². The normalized spacial score (nSPS) is 12.5. The third-order valence-corrected chi connectivity index (χ3v) is 2.47. The molecular weight excluding hydrogens is 156 g/mol. The van der Waals surface area contributed by atoms with Crippen LogP contribution in [0.3, 0.4) is 0 Å². The standard InChI is InChI=1S/C13H18/c1-4-11(2)10-12(3)13-8-6-5-7-9-13/h5-9,11H,3-4,10H2,1-2H3. The lowest BCUT2D eigenvalue weighted by molar-refractivity contribution is 0.580. The van der Waals surface area contributed by atoms with Gasteiger partial charge >= 0.3 is 0 Å². The zero-order chi connectivity index (χ0) is 9.68. The summed E-state index contributed by atoms with van der Waals surface area (Å²) in [6, 6.07) is 10.4. The third-order valence-electron chi connectivity index (χ3n) is 2.47. The van der Waals surface area contributed by atoms with Crippen molar-refractivity contribution in [1.29, 1.82) is 0 Å². The van der Waals surface area contributed by atoms with E-state index in [0.29, 0.717) is 0 Å². The van der Waals surface area contributed by atoms with Gasteiger partial charge in [0, 0.05) is 0 Å². The van der Waals surface area contributed by atoms with E-state index < -0.39 is 0 Å². The molecular formula is C13H18. The fraction of sp³-hybridized carbons (Fsp3) is 0.385. The predicted octanol–water partition coefficient (Wildman–Crippen LogP) is 4.14. The number of hydrogen-bond donors (Lipinski definition) is 0. The Morgan fingerprint density at radius 3 is 2.46 bits per heavy atom. The van der Waals surface area contributed by atoms with Crippen molar-refractivity contribution < 1.29 is 0 Å². The Bertz CT molecular complexity index is 259. The average Bonchev–Trinajstić information content (AvgIpc) is 2.19. The van der Waals surface area contributed by atoms with Gasteiger partial charge < -0.3 is 0 Å². The molecule has 0 aliphatic heterocycles. The minimum atomic E-state index is 0.743. The molecule has 1 atom stereocenters. The van der Waals surface area contributed by atoms with E-state index in [2.05, 4.69) is 44.7 Å². The fourth-order valence-electron chi connectivity index (χ4n) is 1.36. The van der Waals surface area contributed by atoms with Gasteiger partial charge in [-0.05, 0) is 23.5 Å². The van der Waals surface area contributed by atoms with E-state index in [1.807, 2.05) is 6.07 Å².